The van der Waals surface area contributed by atoms with E-state index in [-0.39, 0.29) is 17.7 Å². The van der Waals surface area contributed by atoms with E-state index in [1.165, 1.54) is 23.9 Å². The fourth-order valence-corrected chi connectivity index (χ4v) is 6.40. The van der Waals surface area contributed by atoms with Gasteiger partial charge in [-0.15, -0.1) is 0 Å². The van der Waals surface area contributed by atoms with E-state index < -0.39 is 7.37 Å². The SMILES string of the molecule is COc1ccc(F)c(C2CCC(NCc3cccc([C@@H](CP(C)(=O)O)C4CC4)c3)CC2)c1. The summed E-state index contributed by atoms with van der Waals surface area (Å²) in [4.78, 5) is 9.93. The molecule has 2 fully saturated rings. The van der Waals surface area contributed by atoms with E-state index in [0.29, 0.717) is 23.9 Å². The average molecular weight is 460 g/mol. The van der Waals surface area contributed by atoms with Crippen LogP contribution in [0.15, 0.2) is 42.5 Å². The van der Waals surface area contributed by atoms with Gasteiger partial charge in [0.2, 0.25) is 0 Å². The van der Waals surface area contributed by atoms with Gasteiger partial charge in [0.15, 0.2) is 7.37 Å². The molecule has 0 heterocycles. The van der Waals surface area contributed by atoms with Crippen molar-refractivity contribution in [2.45, 2.75) is 62.9 Å². The molecule has 2 aromatic rings. The largest absolute Gasteiger partial charge is 0.497 e. The second-order valence-electron chi connectivity index (χ2n) is 9.74. The fraction of sp³-hybridized carbons (Fsp3) is 0.538. The van der Waals surface area contributed by atoms with Crippen molar-refractivity contribution in [1.82, 2.24) is 5.32 Å². The predicted octanol–water partition coefficient (Wildman–Crippen LogP) is 6.04. The summed E-state index contributed by atoms with van der Waals surface area (Å²) in [6, 6.07) is 14.0. The van der Waals surface area contributed by atoms with Gasteiger partial charge in [-0.3, -0.25) is 4.57 Å². The van der Waals surface area contributed by atoms with E-state index in [1.807, 2.05) is 6.07 Å². The standard InChI is InChI=1S/C26H35FNO3P/c1-31-23-12-13-26(27)24(15-23)19-8-10-22(11-9-19)28-16-18-4-3-5-21(14-18)25(20-6-7-20)17-32(2,29)30/h3-5,12-15,19-20,22,25,28H,6-11,16-17H2,1-2H3,(H,29,30)/t19?,22?,25-/m0/s1. The van der Waals surface area contributed by atoms with Crippen molar-refractivity contribution in [3.8, 4) is 5.75 Å². The van der Waals surface area contributed by atoms with Crippen LogP contribution in [0.25, 0.3) is 0 Å². The molecule has 6 heteroatoms. The van der Waals surface area contributed by atoms with Crippen molar-refractivity contribution < 1.29 is 18.6 Å². The Morgan fingerprint density at radius 2 is 1.88 bits per heavy atom. The van der Waals surface area contributed by atoms with E-state index in [4.69, 9.17) is 4.74 Å². The maximum absolute atomic E-state index is 14.3. The van der Waals surface area contributed by atoms with Crippen molar-refractivity contribution in [1.29, 1.82) is 0 Å². The highest BCUT2D eigenvalue weighted by molar-refractivity contribution is 7.57. The van der Waals surface area contributed by atoms with E-state index in [2.05, 4.69) is 29.6 Å². The molecule has 1 unspecified atom stereocenters. The van der Waals surface area contributed by atoms with Crippen LogP contribution in [-0.2, 0) is 11.1 Å². The normalized spacial score (nSPS) is 24.0. The molecule has 0 radical (unpaired) electrons. The Labute approximate surface area is 191 Å². The summed E-state index contributed by atoms with van der Waals surface area (Å²) < 4.78 is 31.6. The van der Waals surface area contributed by atoms with Crippen LogP contribution in [0.3, 0.4) is 0 Å². The zero-order chi connectivity index (χ0) is 22.7. The first-order valence-electron chi connectivity index (χ1n) is 11.8. The van der Waals surface area contributed by atoms with Gasteiger partial charge in [0.25, 0.3) is 0 Å². The van der Waals surface area contributed by atoms with Crippen molar-refractivity contribution >= 4 is 7.37 Å². The molecular formula is C26H35FNO3P. The Balaban J connectivity index is 1.32. The van der Waals surface area contributed by atoms with Gasteiger partial charge in [-0.25, -0.2) is 4.39 Å². The smallest absolute Gasteiger partial charge is 0.198 e. The first-order valence-corrected chi connectivity index (χ1v) is 14.1. The number of hydrogen-bond acceptors (Lipinski definition) is 3. The van der Waals surface area contributed by atoms with Crippen molar-refractivity contribution in [2.24, 2.45) is 5.92 Å². The summed E-state index contributed by atoms with van der Waals surface area (Å²) in [5, 5.41) is 3.68. The average Bonchev–Trinajstić information content (AvgIpc) is 3.62. The Bertz CT molecular complexity index is 963. The lowest BCUT2D eigenvalue weighted by Crippen LogP contribution is -2.32. The highest BCUT2D eigenvalue weighted by atomic mass is 31.2. The fourth-order valence-electron chi connectivity index (χ4n) is 5.16. The summed E-state index contributed by atoms with van der Waals surface area (Å²) in [6.45, 7) is 2.26. The first-order chi connectivity index (χ1) is 15.3. The molecule has 2 saturated carbocycles. The second kappa shape index (κ2) is 10.1. The van der Waals surface area contributed by atoms with Gasteiger partial charge in [0.05, 0.1) is 7.11 Å². The summed E-state index contributed by atoms with van der Waals surface area (Å²) >= 11 is 0. The summed E-state index contributed by atoms with van der Waals surface area (Å²) in [6.07, 6.45) is 6.67. The van der Waals surface area contributed by atoms with Crippen molar-refractivity contribution in [3.05, 3.63) is 65.0 Å². The topological polar surface area (TPSA) is 58.6 Å². The van der Waals surface area contributed by atoms with Crippen LogP contribution >= 0.6 is 7.37 Å². The molecule has 2 aliphatic rings. The molecule has 2 aromatic carbocycles. The number of ether oxygens (including phenoxy) is 1. The van der Waals surface area contributed by atoms with Crippen molar-refractivity contribution in [2.75, 3.05) is 19.9 Å². The summed E-state index contributed by atoms with van der Waals surface area (Å²) in [5.41, 5.74) is 3.19. The number of nitrogens with one attached hydrogen (secondary N) is 1. The molecule has 174 valence electrons. The van der Waals surface area contributed by atoms with Gasteiger partial charge in [0, 0.05) is 25.4 Å². The van der Waals surface area contributed by atoms with E-state index in [0.717, 1.165) is 50.6 Å². The third kappa shape index (κ3) is 6.21. The zero-order valence-corrected chi connectivity index (χ0v) is 20.0. The third-order valence-electron chi connectivity index (χ3n) is 7.07. The summed E-state index contributed by atoms with van der Waals surface area (Å²) in [5.74, 6) is 1.55. The molecule has 4 nitrogen and oxygen atoms in total. The maximum atomic E-state index is 14.3. The quantitative estimate of drug-likeness (QED) is 0.449. The minimum absolute atomic E-state index is 0.135. The van der Waals surface area contributed by atoms with Crippen molar-refractivity contribution in [3.63, 3.8) is 0 Å². The monoisotopic (exact) mass is 459 g/mol. The molecule has 0 aliphatic heterocycles. The minimum atomic E-state index is -3.04. The number of benzene rings is 2. The Morgan fingerprint density at radius 1 is 1.12 bits per heavy atom. The molecule has 2 N–H and O–H groups in total. The Hall–Kier alpha value is -1.68. The van der Waals surface area contributed by atoms with Gasteiger partial charge in [-0.1, -0.05) is 24.3 Å². The molecule has 2 aliphatic carbocycles. The van der Waals surface area contributed by atoms with Crippen LogP contribution in [0.4, 0.5) is 4.39 Å². The molecule has 0 spiro atoms. The maximum Gasteiger partial charge on any atom is 0.198 e. The first kappa shape index (κ1) is 23.5. The number of methoxy groups -OCH3 is 1. The molecule has 2 atom stereocenters. The third-order valence-corrected chi connectivity index (χ3v) is 8.14. The number of hydrogen-bond donors (Lipinski definition) is 2. The Kier molecular flexibility index (Phi) is 7.39. The number of rotatable bonds is 9. The number of halogens is 1. The van der Waals surface area contributed by atoms with Crippen LogP contribution in [0.2, 0.25) is 0 Å². The van der Waals surface area contributed by atoms with Gasteiger partial charge < -0.3 is 14.9 Å². The van der Waals surface area contributed by atoms with Gasteiger partial charge >= 0.3 is 0 Å². The minimum Gasteiger partial charge on any atom is -0.497 e. The lowest BCUT2D eigenvalue weighted by molar-refractivity contribution is 0.335. The van der Waals surface area contributed by atoms with Gasteiger partial charge in [0.1, 0.15) is 11.6 Å². The Morgan fingerprint density at radius 3 is 2.53 bits per heavy atom. The molecular weight excluding hydrogens is 424 g/mol. The summed E-state index contributed by atoms with van der Waals surface area (Å²) in [7, 11) is -1.43. The van der Waals surface area contributed by atoms with E-state index in [1.54, 1.807) is 13.2 Å². The molecule has 0 amide bonds. The molecule has 4 rings (SSSR count). The molecule has 32 heavy (non-hydrogen) atoms. The lowest BCUT2D eigenvalue weighted by Gasteiger charge is -2.30. The van der Waals surface area contributed by atoms with Crippen LogP contribution in [0.1, 0.15) is 67.1 Å². The van der Waals surface area contributed by atoms with Crippen LogP contribution < -0.4 is 10.1 Å². The second-order valence-corrected chi connectivity index (χ2v) is 12.2. The van der Waals surface area contributed by atoms with Crippen LogP contribution in [0, 0.1) is 11.7 Å². The van der Waals surface area contributed by atoms with Crippen LogP contribution in [-0.4, -0.2) is 30.9 Å². The predicted molar refractivity (Wildman–Crippen MR) is 127 cm³/mol. The van der Waals surface area contributed by atoms with E-state index >= 15 is 0 Å². The lowest BCUT2D eigenvalue weighted by atomic mass is 9.81. The highest BCUT2D eigenvalue weighted by Crippen LogP contribution is 2.50. The highest BCUT2D eigenvalue weighted by Gasteiger charge is 2.35. The van der Waals surface area contributed by atoms with E-state index in [9.17, 15) is 13.8 Å². The molecule has 0 aromatic heterocycles. The van der Waals surface area contributed by atoms with Crippen LogP contribution in [0.5, 0.6) is 5.75 Å². The van der Waals surface area contributed by atoms with Gasteiger partial charge in [-0.05, 0) is 91.2 Å². The van der Waals surface area contributed by atoms with Gasteiger partial charge in [-0.2, -0.15) is 0 Å². The molecule has 0 saturated heterocycles. The molecule has 0 bridgehead atoms. The zero-order valence-electron chi connectivity index (χ0n) is 19.1.